The van der Waals surface area contributed by atoms with E-state index >= 15 is 0 Å². The number of benzene rings is 3. The quantitative estimate of drug-likeness (QED) is 0.324. The number of fused-ring (bicyclic) bond motifs is 5. The number of hydrogen-bond acceptors (Lipinski definition) is 5. The topological polar surface area (TPSA) is 84.1 Å². The Hall–Kier alpha value is -4.46. The molecular weight excluding hydrogens is 518 g/mol. The number of rotatable bonds is 8. The molecule has 2 aliphatic heterocycles. The highest BCUT2D eigenvalue weighted by Gasteiger charge is 2.56. The average Bonchev–Trinajstić information content (AvgIpc) is 3.40. The number of hydrogen-bond donors (Lipinski definition) is 1. The van der Waals surface area contributed by atoms with Gasteiger partial charge in [-0.25, -0.2) is 0 Å². The highest BCUT2D eigenvalue weighted by atomic mass is 16.5. The highest BCUT2D eigenvalue weighted by molar-refractivity contribution is 6.01. The van der Waals surface area contributed by atoms with Crippen LogP contribution in [0.25, 0.3) is 10.9 Å². The number of carbonyl (C=O) groups excluding carboxylic acids is 2. The summed E-state index contributed by atoms with van der Waals surface area (Å²) in [5.74, 6) is 1.75. The first-order valence-electron chi connectivity index (χ1n) is 14.0. The van der Waals surface area contributed by atoms with Crippen LogP contribution in [0.15, 0.2) is 66.7 Å². The van der Waals surface area contributed by atoms with Gasteiger partial charge < -0.3 is 29.0 Å². The van der Waals surface area contributed by atoms with Gasteiger partial charge in [0.05, 0.1) is 26.5 Å². The van der Waals surface area contributed by atoms with Crippen molar-refractivity contribution in [3.8, 4) is 17.2 Å². The second-order valence-corrected chi connectivity index (χ2v) is 10.9. The number of aromatic amines is 1. The number of amides is 2. The largest absolute Gasteiger partial charge is 0.497 e. The summed E-state index contributed by atoms with van der Waals surface area (Å²) in [6.07, 6.45) is 0.894. The van der Waals surface area contributed by atoms with E-state index in [9.17, 15) is 9.59 Å². The number of nitrogens with zero attached hydrogens (tertiary/aromatic N) is 2. The molecule has 4 aromatic rings. The number of para-hydroxylation sites is 1. The maximum atomic E-state index is 14.3. The summed E-state index contributed by atoms with van der Waals surface area (Å²) in [6, 6.07) is 21.7. The number of aromatic nitrogens is 1. The molecule has 3 heterocycles. The first-order valence-corrected chi connectivity index (χ1v) is 14.0. The van der Waals surface area contributed by atoms with Crippen molar-refractivity contribution in [1.82, 2.24) is 14.8 Å². The molecule has 0 unspecified atom stereocenters. The summed E-state index contributed by atoms with van der Waals surface area (Å²) in [6.45, 7) is 5.28. The van der Waals surface area contributed by atoms with E-state index in [0.29, 0.717) is 31.2 Å². The van der Waals surface area contributed by atoms with Crippen molar-refractivity contribution < 1.29 is 23.8 Å². The fourth-order valence-electron chi connectivity index (χ4n) is 6.29. The van der Waals surface area contributed by atoms with E-state index < -0.39 is 5.54 Å². The zero-order valence-electron chi connectivity index (χ0n) is 23.9. The third-order valence-corrected chi connectivity index (χ3v) is 8.40. The molecule has 0 radical (unpaired) electrons. The molecule has 1 fully saturated rings. The van der Waals surface area contributed by atoms with Crippen LogP contribution in [0.1, 0.15) is 48.6 Å². The molecule has 0 bridgehead atoms. The molecule has 3 aromatic carbocycles. The van der Waals surface area contributed by atoms with Gasteiger partial charge in [0.25, 0.3) is 5.91 Å². The second-order valence-electron chi connectivity index (χ2n) is 10.9. The Kier molecular flexibility index (Phi) is 6.85. The summed E-state index contributed by atoms with van der Waals surface area (Å²) < 4.78 is 16.9. The van der Waals surface area contributed by atoms with Crippen LogP contribution in [0.5, 0.6) is 17.2 Å². The first kappa shape index (κ1) is 26.7. The van der Waals surface area contributed by atoms with Crippen LogP contribution >= 0.6 is 0 Å². The van der Waals surface area contributed by atoms with Crippen LogP contribution in [0.4, 0.5) is 0 Å². The molecule has 8 heteroatoms. The van der Waals surface area contributed by atoms with Gasteiger partial charge in [-0.05, 0) is 60.4 Å². The molecule has 1 N–H and O–H groups in total. The van der Waals surface area contributed by atoms with Gasteiger partial charge in [-0.15, -0.1) is 0 Å². The zero-order chi connectivity index (χ0) is 28.7. The third-order valence-electron chi connectivity index (χ3n) is 8.40. The maximum Gasteiger partial charge on any atom is 0.255 e. The third kappa shape index (κ3) is 4.38. The van der Waals surface area contributed by atoms with Gasteiger partial charge in [0.15, 0.2) is 17.0 Å². The molecule has 0 saturated carbocycles. The molecule has 0 aliphatic carbocycles. The summed E-state index contributed by atoms with van der Waals surface area (Å²) >= 11 is 0. The van der Waals surface area contributed by atoms with Crippen molar-refractivity contribution in [2.24, 2.45) is 0 Å². The van der Waals surface area contributed by atoms with E-state index in [1.165, 1.54) is 0 Å². The normalized spacial score (nSPS) is 20.1. The number of piperazine rings is 1. The van der Waals surface area contributed by atoms with E-state index in [4.69, 9.17) is 14.2 Å². The van der Waals surface area contributed by atoms with Crippen molar-refractivity contribution in [3.63, 3.8) is 0 Å². The van der Waals surface area contributed by atoms with Crippen molar-refractivity contribution in [1.29, 1.82) is 0 Å². The number of H-pyrrole nitrogens is 1. The Labute approximate surface area is 239 Å². The van der Waals surface area contributed by atoms with E-state index in [-0.39, 0.29) is 24.3 Å². The van der Waals surface area contributed by atoms with Gasteiger partial charge in [0.2, 0.25) is 5.91 Å². The number of methoxy groups -OCH3 is 2. The van der Waals surface area contributed by atoms with Gasteiger partial charge >= 0.3 is 0 Å². The van der Waals surface area contributed by atoms with Gasteiger partial charge in [0, 0.05) is 29.9 Å². The predicted molar refractivity (Wildman–Crippen MR) is 156 cm³/mol. The van der Waals surface area contributed by atoms with Crippen LogP contribution in [0.2, 0.25) is 0 Å². The Balaban J connectivity index is 1.44. The molecule has 0 spiro atoms. The smallest absolute Gasteiger partial charge is 0.255 e. The lowest BCUT2D eigenvalue weighted by Crippen LogP contribution is -2.67. The molecule has 8 nitrogen and oxygen atoms in total. The van der Waals surface area contributed by atoms with Crippen molar-refractivity contribution in [2.45, 2.75) is 38.3 Å². The van der Waals surface area contributed by atoms with Crippen LogP contribution < -0.4 is 14.2 Å². The summed E-state index contributed by atoms with van der Waals surface area (Å²) in [4.78, 5) is 35.2. The van der Waals surface area contributed by atoms with E-state index in [0.717, 1.165) is 45.5 Å². The van der Waals surface area contributed by atoms with Gasteiger partial charge in [-0.1, -0.05) is 43.3 Å². The van der Waals surface area contributed by atoms with Gasteiger partial charge in [0.1, 0.15) is 12.3 Å². The molecule has 1 saturated heterocycles. The molecule has 2 atom stereocenters. The summed E-state index contributed by atoms with van der Waals surface area (Å²) in [5, 5.41) is 1.05. The van der Waals surface area contributed by atoms with Crippen LogP contribution in [-0.4, -0.2) is 60.5 Å². The number of ether oxygens (including phenoxy) is 3. The summed E-state index contributed by atoms with van der Waals surface area (Å²) in [5.41, 5.74) is 3.51. The number of nitrogens with one attached hydrogen (secondary N) is 1. The van der Waals surface area contributed by atoms with Crippen molar-refractivity contribution >= 4 is 22.7 Å². The Morgan fingerprint density at radius 2 is 1.76 bits per heavy atom. The number of carbonyl (C=O) groups is 2. The molecule has 2 aliphatic rings. The fraction of sp³-hybridized carbons (Fsp3) is 0.333. The van der Waals surface area contributed by atoms with Crippen molar-refractivity contribution in [2.75, 3.05) is 33.9 Å². The minimum absolute atomic E-state index is 0.0237. The van der Waals surface area contributed by atoms with E-state index in [2.05, 4.69) is 18.0 Å². The Bertz CT molecular complexity index is 1610. The zero-order valence-corrected chi connectivity index (χ0v) is 23.9. The monoisotopic (exact) mass is 553 g/mol. The van der Waals surface area contributed by atoms with E-state index in [1.807, 2.05) is 67.6 Å². The fourth-order valence-corrected chi connectivity index (χ4v) is 6.29. The standard InChI is InChI=1S/C33H35N3O5/c1-5-16-41-27-15-12-22(17-28(27)40-4)25-19-36-29(37)20-35(18-21-10-13-23(39-3)14-11-21)32(38)33(36,2)31-30(25)24-8-6-7-9-26(24)34-31/h6-15,17,25,34H,5,16,18-20H2,1-4H3/t25-,33-/m0/s1. The lowest BCUT2D eigenvalue weighted by atomic mass is 9.76. The molecule has 41 heavy (non-hydrogen) atoms. The Morgan fingerprint density at radius 3 is 2.49 bits per heavy atom. The van der Waals surface area contributed by atoms with Crippen LogP contribution in [0, 0.1) is 0 Å². The minimum Gasteiger partial charge on any atom is -0.497 e. The first-order chi connectivity index (χ1) is 19.9. The van der Waals surface area contributed by atoms with Crippen LogP contribution in [0.3, 0.4) is 0 Å². The maximum absolute atomic E-state index is 14.3. The average molecular weight is 554 g/mol. The van der Waals surface area contributed by atoms with Gasteiger partial charge in [-0.3, -0.25) is 9.59 Å². The lowest BCUT2D eigenvalue weighted by Gasteiger charge is -2.51. The molecule has 6 rings (SSSR count). The lowest BCUT2D eigenvalue weighted by molar-refractivity contribution is -0.166. The summed E-state index contributed by atoms with van der Waals surface area (Å²) in [7, 11) is 3.26. The molecule has 1 aromatic heterocycles. The second kappa shape index (κ2) is 10.5. The van der Waals surface area contributed by atoms with Crippen LogP contribution in [-0.2, 0) is 21.7 Å². The minimum atomic E-state index is -1.17. The Morgan fingerprint density at radius 1 is 0.976 bits per heavy atom. The van der Waals surface area contributed by atoms with Crippen molar-refractivity contribution in [3.05, 3.63) is 89.1 Å². The SMILES string of the molecule is CCCOc1ccc([C@@H]2CN3C(=O)CN(Cc4ccc(OC)cc4)C(=O)[C@]3(C)c3[nH]c4ccccc4c32)cc1OC. The van der Waals surface area contributed by atoms with E-state index in [1.54, 1.807) is 24.0 Å². The molecule has 212 valence electrons. The molecule has 2 amide bonds. The van der Waals surface area contributed by atoms with Gasteiger partial charge in [-0.2, -0.15) is 0 Å². The molecular formula is C33H35N3O5. The highest BCUT2D eigenvalue weighted by Crippen LogP contribution is 2.49. The predicted octanol–water partition coefficient (Wildman–Crippen LogP) is 5.21.